The number of nitrogens with zero attached hydrogens (tertiary/aromatic N) is 1. The molecule has 1 N–H and O–H groups in total. The third kappa shape index (κ3) is 6.07. The van der Waals surface area contributed by atoms with E-state index in [-0.39, 0.29) is 12.5 Å². The molecule has 2 aromatic rings. The molecule has 0 heterocycles. The molecule has 1 amide bonds. The van der Waals surface area contributed by atoms with Gasteiger partial charge in [-0.2, -0.15) is 0 Å². The summed E-state index contributed by atoms with van der Waals surface area (Å²) in [6.07, 6.45) is 1.71. The molecule has 2 rings (SSSR count). The maximum absolute atomic E-state index is 12.2. The van der Waals surface area contributed by atoms with E-state index in [1.807, 2.05) is 31.2 Å². The highest BCUT2D eigenvalue weighted by Crippen LogP contribution is 2.18. The first-order valence-corrected chi connectivity index (χ1v) is 10.0. The van der Waals surface area contributed by atoms with Crippen LogP contribution < -0.4 is 9.62 Å². The molecule has 25 heavy (non-hydrogen) atoms. The van der Waals surface area contributed by atoms with Gasteiger partial charge in [0.05, 0.1) is 11.9 Å². The van der Waals surface area contributed by atoms with E-state index in [0.717, 1.165) is 21.7 Å². The van der Waals surface area contributed by atoms with Crippen molar-refractivity contribution in [2.24, 2.45) is 0 Å². The molecule has 0 saturated carbocycles. The predicted octanol–water partition coefficient (Wildman–Crippen LogP) is 2.77. The quantitative estimate of drug-likeness (QED) is 0.803. The number of hydrogen-bond donors (Lipinski definition) is 1. The highest BCUT2D eigenvalue weighted by molar-refractivity contribution is 7.92. The maximum atomic E-state index is 12.2. The minimum absolute atomic E-state index is 0.252. The summed E-state index contributed by atoms with van der Waals surface area (Å²) in [5.41, 5.74) is 2.41. The number of hydrogen-bond acceptors (Lipinski definition) is 3. The molecule has 0 bridgehead atoms. The first-order chi connectivity index (χ1) is 11.8. The summed E-state index contributed by atoms with van der Waals surface area (Å²) in [4.78, 5) is 12.2. The minimum Gasteiger partial charge on any atom is -0.354 e. The van der Waals surface area contributed by atoms with Crippen LogP contribution in [-0.4, -0.2) is 33.7 Å². The van der Waals surface area contributed by atoms with Crippen LogP contribution in [0.5, 0.6) is 0 Å². The van der Waals surface area contributed by atoms with Gasteiger partial charge >= 0.3 is 0 Å². The Morgan fingerprint density at radius 3 is 2.52 bits per heavy atom. The second kappa shape index (κ2) is 8.36. The van der Waals surface area contributed by atoms with Gasteiger partial charge in [0.15, 0.2) is 0 Å². The number of nitrogens with one attached hydrogen (secondary N) is 1. The molecule has 0 fully saturated rings. The molecule has 0 aliphatic rings. The van der Waals surface area contributed by atoms with E-state index in [9.17, 15) is 13.2 Å². The van der Waals surface area contributed by atoms with E-state index < -0.39 is 10.0 Å². The van der Waals surface area contributed by atoms with Crippen LogP contribution in [0.2, 0.25) is 5.02 Å². The minimum atomic E-state index is -3.56. The number of amides is 1. The third-order valence-electron chi connectivity index (χ3n) is 3.60. The van der Waals surface area contributed by atoms with Crippen molar-refractivity contribution in [1.82, 2.24) is 5.32 Å². The summed E-state index contributed by atoms with van der Waals surface area (Å²) in [6.45, 7) is 2.03. The molecule has 0 saturated heterocycles. The molecule has 0 spiro atoms. The third-order valence-corrected chi connectivity index (χ3v) is 4.98. The highest BCUT2D eigenvalue weighted by Gasteiger charge is 2.20. The van der Waals surface area contributed by atoms with Crippen molar-refractivity contribution in [2.75, 3.05) is 23.7 Å². The zero-order valence-electron chi connectivity index (χ0n) is 14.2. The smallest absolute Gasteiger partial charge is 0.240 e. The summed E-state index contributed by atoms with van der Waals surface area (Å²) in [7, 11) is -3.56. The predicted molar refractivity (Wildman–Crippen MR) is 102 cm³/mol. The van der Waals surface area contributed by atoms with E-state index in [1.165, 1.54) is 0 Å². The van der Waals surface area contributed by atoms with Gasteiger partial charge in [0.2, 0.25) is 15.9 Å². The fourth-order valence-electron chi connectivity index (χ4n) is 2.41. The number of carbonyl (C=O) groups is 1. The molecule has 0 aliphatic carbocycles. The van der Waals surface area contributed by atoms with Gasteiger partial charge in [-0.1, -0.05) is 35.9 Å². The van der Waals surface area contributed by atoms with E-state index >= 15 is 0 Å². The van der Waals surface area contributed by atoms with E-state index in [0.29, 0.717) is 23.7 Å². The monoisotopic (exact) mass is 380 g/mol. The second-order valence-corrected chi connectivity index (χ2v) is 8.18. The largest absolute Gasteiger partial charge is 0.354 e. The van der Waals surface area contributed by atoms with Crippen molar-refractivity contribution >= 4 is 33.2 Å². The summed E-state index contributed by atoms with van der Waals surface area (Å²) in [5.74, 6) is -0.353. The molecular formula is C18H21ClN2O3S. The van der Waals surface area contributed by atoms with Crippen LogP contribution in [0.15, 0.2) is 48.5 Å². The van der Waals surface area contributed by atoms with Gasteiger partial charge < -0.3 is 5.32 Å². The Morgan fingerprint density at radius 1 is 1.16 bits per heavy atom. The molecule has 0 aromatic heterocycles. The molecule has 134 valence electrons. The van der Waals surface area contributed by atoms with Gasteiger partial charge in [-0.05, 0) is 48.7 Å². The van der Waals surface area contributed by atoms with Crippen molar-refractivity contribution in [3.05, 3.63) is 64.7 Å². The Kier molecular flexibility index (Phi) is 6.45. The van der Waals surface area contributed by atoms with Crippen LogP contribution in [0.1, 0.15) is 11.1 Å². The Balaban J connectivity index is 1.98. The normalized spacial score (nSPS) is 11.2. The standard InChI is InChI=1S/C18H21ClN2O3S/c1-14-5-3-8-17(11-14)21(25(2,23)24)13-18(22)20-10-9-15-6-4-7-16(19)12-15/h3-8,11-12H,9-10,13H2,1-2H3,(H,20,22). The molecule has 7 heteroatoms. The van der Waals surface area contributed by atoms with Crippen LogP contribution in [0.25, 0.3) is 0 Å². The fourth-order valence-corrected chi connectivity index (χ4v) is 3.47. The SMILES string of the molecule is Cc1cccc(N(CC(=O)NCCc2cccc(Cl)c2)S(C)(=O)=O)c1. The van der Waals surface area contributed by atoms with Crippen LogP contribution in [0.4, 0.5) is 5.69 Å². The van der Waals surface area contributed by atoms with E-state index in [4.69, 9.17) is 11.6 Å². The molecule has 0 aliphatic heterocycles. The van der Waals surface area contributed by atoms with Gasteiger partial charge in [-0.25, -0.2) is 8.42 Å². The molecule has 5 nitrogen and oxygen atoms in total. The summed E-state index contributed by atoms with van der Waals surface area (Å²) >= 11 is 5.93. The zero-order valence-corrected chi connectivity index (χ0v) is 15.8. The lowest BCUT2D eigenvalue weighted by atomic mass is 10.1. The number of sulfonamides is 1. The molecular weight excluding hydrogens is 360 g/mol. The molecule has 2 aromatic carbocycles. The first kappa shape index (κ1) is 19.3. The van der Waals surface area contributed by atoms with Crippen molar-refractivity contribution in [3.63, 3.8) is 0 Å². The molecule has 0 radical (unpaired) electrons. The van der Waals surface area contributed by atoms with Crippen LogP contribution in [0.3, 0.4) is 0 Å². The number of benzene rings is 2. The Morgan fingerprint density at radius 2 is 1.88 bits per heavy atom. The zero-order chi connectivity index (χ0) is 18.4. The topological polar surface area (TPSA) is 66.5 Å². The van der Waals surface area contributed by atoms with E-state index in [2.05, 4.69) is 5.32 Å². The number of rotatable bonds is 7. The number of halogens is 1. The van der Waals surface area contributed by atoms with Crippen molar-refractivity contribution in [3.8, 4) is 0 Å². The van der Waals surface area contributed by atoms with Gasteiger partial charge in [0, 0.05) is 11.6 Å². The summed E-state index contributed by atoms with van der Waals surface area (Å²) < 4.78 is 25.2. The van der Waals surface area contributed by atoms with Gasteiger partial charge in [0.1, 0.15) is 6.54 Å². The highest BCUT2D eigenvalue weighted by atomic mass is 35.5. The van der Waals surface area contributed by atoms with Crippen LogP contribution >= 0.6 is 11.6 Å². The van der Waals surface area contributed by atoms with Gasteiger partial charge in [0.25, 0.3) is 0 Å². The van der Waals surface area contributed by atoms with Crippen molar-refractivity contribution in [1.29, 1.82) is 0 Å². The molecule has 0 unspecified atom stereocenters. The lowest BCUT2D eigenvalue weighted by molar-refractivity contribution is -0.119. The van der Waals surface area contributed by atoms with Gasteiger partial charge in [-0.3, -0.25) is 9.10 Å². The summed E-state index contributed by atoms with van der Waals surface area (Å²) in [5, 5.41) is 3.39. The number of carbonyl (C=O) groups excluding carboxylic acids is 1. The lowest BCUT2D eigenvalue weighted by Gasteiger charge is -2.22. The van der Waals surface area contributed by atoms with E-state index in [1.54, 1.807) is 24.3 Å². The van der Waals surface area contributed by atoms with Crippen molar-refractivity contribution < 1.29 is 13.2 Å². The Bertz CT molecular complexity index is 853. The fraction of sp³-hybridized carbons (Fsp3) is 0.278. The average molecular weight is 381 g/mol. The van der Waals surface area contributed by atoms with Crippen molar-refractivity contribution in [2.45, 2.75) is 13.3 Å². The Labute approximate surface area is 153 Å². The lowest BCUT2D eigenvalue weighted by Crippen LogP contribution is -2.41. The summed E-state index contributed by atoms with van der Waals surface area (Å²) in [6, 6.07) is 14.4. The van der Waals surface area contributed by atoms with Crippen LogP contribution in [0, 0.1) is 6.92 Å². The number of anilines is 1. The maximum Gasteiger partial charge on any atom is 0.240 e. The van der Waals surface area contributed by atoms with Gasteiger partial charge in [-0.15, -0.1) is 0 Å². The number of aryl methyl sites for hydroxylation is 1. The first-order valence-electron chi connectivity index (χ1n) is 7.81. The van der Waals surface area contributed by atoms with Crippen LogP contribution in [-0.2, 0) is 21.2 Å². The molecule has 0 atom stereocenters. The average Bonchev–Trinajstić information content (AvgIpc) is 2.51. The Hall–Kier alpha value is -2.05. The second-order valence-electron chi connectivity index (χ2n) is 5.84.